The predicted octanol–water partition coefficient (Wildman–Crippen LogP) is 5.91. The molecule has 3 aromatic rings. The van der Waals surface area contributed by atoms with E-state index in [-0.39, 0.29) is 51.6 Å². The Kier molecular flexibility index (Phi) is 9.36. The summed E-state index contributed by atoms with van der Waals surface area (Å²) in [5, 5.41) is 59.8. The van der Waals surface area contributed by atoms with Crippen LogP contribution in [0.2, 0.25) is 0 Å². The summed E-state index contributed by atoms with van der Waals surface area (Å²) in [6.45, 7) is 8.95. The van der Waals surface area contributed by atoms with E-state index < -0.39 is 69.1 Å². The summed E-state index contributed by atoms with van der Waals surface area (Å²) in [5.74, 6) is -7.90. The molecule has 0 spiro atoms. The van der Waals surface area contributed by atoms with Crippen LogP contribution in [0.15, 0.2) is 54.0 Å². The monoisotopic (exact) mass is 694 g/mol. The number of hydrogen-bond acceptors (Lipinski definition) is 13. The number of hydroxylamine groups is 6. The molecule has 0 bridgehead atoms. The number of benzene rings is 3. The molecule has 0 aromatic heterocycles. The number of aliphatic hydroxyl groups excluding tert-OH is 1. The molecule has 15 heteroatoms. The third-order valence-corrected chi connectivity index (χ3v) is 8.93. The van der Waals surface area contributed by atoms with Gasteiger partial charge in [-0.2, -0.15) is 5.06 Å². The van der Waals surface area contributed by atoms with Gasteiger partial charge in [-0.25, -0.2) is 0 Å². The number of carbonyl (C=O) groups excluding carboxylic acids is 3. The number of amides is 1. The van der Waals surface area contributed by atoms with Crippen LogP contribution in [0.3, 0.4) is 0 Å². The number of ether oxygens (including phenoxy) is 3. The van der Waals surface area contributed by atoms with Gasteiger partial charge in [-0.1, -0.05) is 44.6 Å². The van der Waals surface area contributed by atoms with E-state index >= 15 is 0 Å². The third-order valence-electron chi connectivity index (χ3n) is 8.93. The first-order valence-electron chi connectivity index (χ1n) is 15.8. The van der Waals surface area contributed by atoms with E-state index in [1.807, 2.05) is 0 Å². The second-order valence-electron chi connectivity index (χ2n) is 12.1. The van der Waals surface area contributed by atoms with Gasteiger partial charge in [-0.15, -0.1) is 0 Å². The van der Waals surface area contributed by atoms with Crippen LogP contribution >= 0.6 is 0 Å². The van der Waals surface area contributed by atoms with Gasteiger partial charge in [0.15, 0.2) is 34.4 Å². The van der Waals surface area contributed by atoms with E-state index in [4.69, 9.17) is 23.9 Å². The van der Waals surface area contributed by atoms with E-state index in [1.165, 1.54) is 49.6 Å². The van der Waals surface area contributed by atoms with Crippen molar-refractivity contribution >= 4 is 17.8 Å². The van der Waals surface area contributed by atoms with E-state index in [2.05, 4.69) is 0 Å². The van der Waals surface area contributed by atoms with Gasteiger partial charge >= 0.3 is 29.5 Å². The molecule has 0 radical (unpaired) electrons. The first-order chi connectivity index (χ1) is 23.6. The van der Waals surface area contributed by atoms with Crippen molar-refractivity contribution in [3.63, 3.8) is 0 Å². The van der Waals surface area contributed by atoms with Gasteiger partial charge in [-0.3, -0.25) is 24.1 Å². The molecule has 2 aliphatic rings. The van der Waals surface area contributed by atoms with Crippen LogP contribution in [-0.4, -0.2) is 61.0 Å². The number of rotatable bonds is 9. The van der Waals surface area contributed by atoms with Gasteiger partial charge in [0.25, 0.3) is 0 Å². The molecule has 1 amide bonds. The molecule has 266 valence electrons. The Morgan fingerprint density at radius 3 is 1.92 bits per heavy atom. The summed E-state index contributed by atoms with van der Waals surface area (Å²) in [6, 6.07) is 9.19. The quantitative estimate of drug-likeness (QED) is 0.0677. The Labute approximate surface area is 287 Å². The summed E-state index contributed by atoms with van der Waals surface area (Å²) in [6.07, 6.45) is 0.650. The predicted molar refractivity (Wildman–Crippen MR) is 175 cm³/mol. The Morgan fingerprint density at radius 1 is 0.880 bits per heavy atom. The smallest absolute Gasteiger partial charge is 0.374 e. The molecular weight excluding hydrogens is 656 g/mol. The molecule has 2 heterocycles. The zero-order chi connectivity index (χ0) is 36.9. The van der Waals surface area contributed by atoms with Crippen molar-refractivity contribution in [3.05, 3.63) is 59.3 Å². The zero-order valence-electron chi connectivity index (χ0n) is 28.5. The molecule has 0 unspecified atom stereocenters. The van der Waals surface area contributed by atoms with Crippen molar-refractivity contribution in [2.24, 2.45) is 11.8 Å². The van der Waals surface area contributed by atoms with Gasteiger partial charge < -0.3 is 39.8 Å². The Balaban J connectivity index is 1.79. The van der Waals surface area contributed by atoms with Crippen LogP contribution < -0.4 is 19.0 Å². The largest absolute Gasteiger partial charge is 0.578 e. The summed E-state index contributed by atoms with van der Waals surface area (Å²) in [5.41, 5.74) is -2.94. The van der Waals surface area contributed by atoms with E-state index in [0.717, 1.165) is 18.9 Å². The second-order valence-corrected chi connectivity index (χ2v) is 12.1. The van der Waals surface area contributed by atoms with Crippen molar-refractivity contribution in [3.8, 4) is 62.5 Å². The number of phenolic OH excluding ortho intramolecular Hbond substituents is 3. The van der Waals surface area contributed by atoms with E-state index in [1.54, 1.807) is 27.7 Å². The Bertz CT molecular complexity index is 1910. The van der Waals surface area contributed by atoms with Crippen molar-refractivity contribution < 1.29 is 63.5 Å². The minimum atomic E-state index is -2.47. The van der Waals surface area contributed by atoms with Crippen molar-refractivity contribution in [1.82, 2.24) is 5.06 Å². The lowest BCUT2D eigenvalue weighted by atomic mass is 9.89. The molecular formula is C35H38N2O13. The Hall–Kier alpha value is -5.51. The summed E-state index contributed by atoms with van der Waals surface area (Å²) in [7, 11) is 1.22. The highest BCUT2D eigenvalue weighted by atomic mass is 17.0. The topological polar surface area (TPSA) is 205 Å². The SMILES string of the molecule is CC[C@H](C)C1=C(O)[N@@+]2([O-])Oc3ccc(-c4c(O)c(O)c(-c5ccc(O)cc5)c(OC(C)=O)c4OC(C)=O)cc3O[C@@]2([C@@H](C)CC)C(=O)N1OC. The number of hydrogen-bond donors (Lipinski definition) is 4. The lowest BCUT2D eigenvalue weighted by Gasteiger charge is -2.56. The molecule has 4 atom stereocenters. The highest BCUT2D eigenvalue weighted by molar-refractivity contribution is 5.96. The zero-order valence-corrected chi connectivity index (χ0v) is 28.5. The van der Waals surface area contributed by atoms with E-state index in [9.17, 15) is 40.0 Å². The Morgan fingerprint density at radius 2 is 1.42 bits per heavy atom. The van der Waals surface area contributed by atoms with Gasteiger partial charge in [0, 0.05) is 19.8 Å². The number of carbonyl (C=O) groups is 3. The molecule has 3 aromatic carbocycles. The molecule has 0 aliphatic carbocycles. The molecule has 0 fully saturated rings. The molecule has 5 rings (SSSR count). The number of fused-ring (bicyclic) bond motifs is 2. The number of aliphatic hydroxyl groups is 1. The summed E-state index contributed by atoms with van der Waals surface area (Å²) in [4.78, 5) is 48.3. The standard InChI is InChI=1S/C35H38N2O13/c1-8-17(3)28-33(43)37(45)35(18(4)9-2,34(44)36(28)46-7)49-25-16-22(12-15-24(25)50-37)27-30(42)29(41)26(21-10-13-23(40)14-11-21)31(47-19(5)38)32(27)48-20(6)39/h10-18,40-43H,8-9H2,1-7H3/t17-,18-,35-,37+/m0/s1. The average molecular weight is 695 g/mol. The fourth-order valence-electron chi connectivity index (χ4n) is 6.12. The summed E-state index contributed by atoms with van der Waals surface area (Å²) >= 11 is 0. The number of esters is 2. The molecule has 50 heavy (non-hydrogen) atoms. The fourth-order valence-corrected chi connectivity index (χ4v) is 6.12. The van der Waals surface area contributed by atoms with Gasteiger partial charge in [-0.05, 0) is 54.3 Å². The number of allylic oxidation sites excluding steroid dienone is 1. The first kappa shape index (κ1) is 35.8. The third kappa shape index (κ3) is 5.39. The van der Waals surface area contributed by atoms with Crippen molar-refractivity contribution in [2.45, 2.75) is 60.1 Å². The maximum atomic E-state index is 14.8. The number of aromatic hydroxyl groups is 3. The average Bonchev–Trinajstić information content (AvgIpc) is 3.07. The highest BCUT2D eigenvalue weighted by Gasteiger charge is 2.72. The van der Waals surface area contributed by atoms with Crippen LogP contribution in [0.1, 0.15) is 54.4 Å². The first-order valence-corrected chi connectivity index (χ1v) is 15.8. The van der Waals surface area contributed by atoms with Crippen molar-refractivity contribution in [2.75, 3.05) is 7.11 Å². The van der Waals surface area contributed by atoms with Gasteiger partial charge in [0.05, 0.1) is 24.2 Å². The number of quaternary nitrogens is 1. The van der Waals surface area contributed by atoms with Gasteiger partial charge in [0.2, 0.25) is 5.75 Å². The molecule has 0 saturated carbocycles. The number of nitrogens with zero attached hydrogens (tertiary/aromatic N) is 2. The van der Waals surface area contributed by atoms with Crippen LogP contribution in [0.4, 0.5) is 0 Å². The fraction of sp³-hybridized carbons (Fsp3) is 0.343. The van der Waals surface area contributed by atoms with Crippen LogP contribution in [0.25, 0.3) is 22.3 Å². The molecule has 2 aliphatic heterocycles. The lowest BCUT2D eigenvalue weighted by Crippen LogP contribution is -2.78. The minimum Gasteiger partial charge on any atom is -0.578 e. The highest BCUT2D eigenvalue weighted by Crippen LogP contribution is 2.58. The minimum absolute atomic E-state index is 0.000766. The molecule has 15 nitrogen and oxygen atoms in total. The molecule has 4 N–H and O–H groups in total. The summed E-state index contributed by atoms with van der Waals surface area (Å²) < 4.78 is 17.3. The maximum Gasteiger partial charge on any atom is 0.374 e. The number of phenols is 3. The van der Waals surface area contributed by atoms with Crippen LogP contribution in [0, 0.1) is 17.0 Å². The van der Waals surface area contributed by atoms with E-state index in [0.29, 0.717) is 6.42 Å². The van der Waals surface area contributed by atoms with Crippen molar-refractivity contribution in [1.29, 1.82) is 0 Å². The van der Waals surface area contributed by atoms with Gasteiger partial charge in [0.1, 0.15) is 5.75 Å². The normalized spacial score (nSPS) is 21.0. The van der Waals surface area contributed by atoms with Crippen LogP contribution in [-0.2, 0) is 19.2 Å². The second kappa shape index (κ2) is 13.1. The van der Waals surface area contributed by atoms with Crippen LogP contribution in [0.5, 0.6) is 40.2 Å². The maximum absolute atomic E-state index is 14.8. The lowest BCUT2D eigenvalue weighted by molar-refractivity contribution is -1.08. The molecule has 0 saturated heterocycles.